The number of anilines is 1. The van der Waals surface area contributed by atoms with E-state index in [1.165, 1.54) is 0 Å². The smallest absolute Gasteiger partial charge is 0.272 e. The number of carbonyl (C=O) groups excluding carboxylic acids is 1. The molecule has 1 N–H and O–H groups in total. The number of benzene rings is 2. The van der Waals surface area contributed by atoms with Crippen molar-refractivity contribution in [3.05, 3.63) is 54.2 Å². The summed E-state index contributed by atoms with van der Waals surface area (Å²) in [6.45, 7) is 0. The van der Waals surface area contributed by atoms with Crippen molar-refractivity contribution in [2.75, 3.05) is 19.5 Å². The molecule has 0 saturated carbocycles. The molecule has 0 saturated heterocycles. The molecule has 0 aliphatic carbocycles. The molecule has 118 valence electrons. The third kappa shape index (κ3) is 2.73. The first-order valence-corrected chi connectivity index (χ1v) is 7.22. The number of nitrogens with zero attached hydrogens (tertiary/aromatic N) is 1. The van der Waals surface area contributed by atoms with Crippen LogP contribution in [0.4, 0.5) is 5.69 Å². The second-order valence-electron chi connectivity index (χ2n) is 5.17. The van der Waals surface area contributed by atoms with Gasteiger partial charge in [0, 0.05) is 18.0 Å². The van der Waals surface area contributed by atoms with E-state index in [2.05, 4.69) is 5.32 Å². The third-order valence-electron chi connectivity index (χ3n) is 3.84. The summed E-state index contributed by atoms with van der Waals surface area (Å²) < 4.78 is 12.4. The minimum Gasteiger partial charge on any atom is -0.497 e. The molecule has 0 spiro atoms. The zero-order chi connectivity index (χ0) is 16.4. The van der Waals surface area contributed by atoms with Crippen molar-refractivity contribution >= 4 is 22.5 Å². The van der Waals surface area contributed by atoms with Crippen LogP contribution in [0.5, 0.6) is 11.5 Å². The average Bonchev–Trinajstić information content (AvgIpc) is 2.91. The highest BCUT2D eigenvalue weighted by atomic mass is 16.5. The summed E-state index contributed by atoms with van der Waals surface area (Å²) in [6, 6.07) is 14.9. The van der Waals surface area contributed by atoms with Crippen LogP contribution in [-0.2, 0) is 7.05 Å². The van der Waals surface area contributed by atoms with Gasteiger partial charge in [-0.3, -0.25) is 4.79 Å². The lowest BCUT2D eigenvalue weighted by atomic mass is 10.2. The maximum atomic E-state index is 12.6. The third-order valence-corrected chi connectivity index (χ3v) is 3.84. The van der Waals surface area contributed by atoms with E-state index in [4.69, 9.17) is 9.47 Å². The van der Waals surface area contributed by atoms with Crippen molar-refractivity contribution in [3.8, 4) is 11.5 Å². The SMILES string of the molecule is COc1ccc2c(c1)cc(C(=O)Nc1ccccc1OC)n2C. The second-order valence-corrected chi connectivity index (χ2v) is 5.17. The highest BCUT2D eigenvalue weighted by Crippen LogP contribution is 2.26. The molecule has 1 amide bonds. The molecule has 1 aromatic heterocycles. The van der Waals surface area contributed by atoms with Crippen LogP contribution in [0.25, 0.3) is 10.9 Å². The van der Waals surface area contributed by atoms with Gasteiger partial charge in [0.25, 0.3) is 5.91 Å². The number of aryl methyl sites for hydroxylation is 1. The summed E-state index contributed by atoms with van der Waals surface area (Å²) in [5.41, 5.74) is 2.18. The van der Waals surface area contributed by atoms with Crippen LogP contribution in [0.2, 0.25) is 0 Å². The van der Waals surface area contributed by atoms with Crippen molar-refractivity contribution < 1.29 is 14.3 Å². The van der Waals surface area contributed by atoms with E-state index < -0.39 is 0 Å². The van der Waals surface area contributed by atoms with Crippen LogP contribution in [0.3, 0.4) is 0 Å². The molecule has 5 heteroatoms. The number of methoxy groups -OCH3 is 2. The lowest BCUT2D eigenvalue weighted by Gasteiger charge is -2.10. The molecule has 23 heavy (non-hydrogen) atoms. The Labute approximate surface area is 134 Å². The van der Waals surface area contributed by atoms with Crippen molar-refractivity contribution in [1.82, 2.24) is 4.57 Å². The Hall–Kier alpha value is -2.95. The molecule has 1 heterocycles. The monoisotopic (exact) mass is 310 g/mol. The van der Waals surface area contributed by atoms with Crippen molar-refractivity contribution in [2.45, 2.75) is 0 Å². The van der Waals surface area contributed by atoms with Gasteiger partial charge < -0.3 is 19.4 Å². The molecule has 2 aromatic carbocycles. The van der Waals surface area contributed by atoms with Crippen molar-refractivity contribution in [3.63, 3.8) is 0 Å². The second kappa shape index (κ2) is 6.04. The van der Waals surface area contributed by atoms with Gasteiger partial charge in [-0.2, -0.15) is 0 Å². The molecular weight excluding hydrogens is 292 g/mol. The van der Waals surface area contributed by atoms with Gasteiger partial charge in [-0.15, -0.1) is 0 Å². The van der Waals surface area contributed by atoms with Crippen LogP contribution in [0.1, 0.15) is 10.5 Å². The van der Waals surface area contributed by atoms with Crippen molar-refractivity contribution in [1.29, 1.82) is 0 Å². The Morgan fingerprint density at radius 3 is 2.57 bits per heavy atom. The quantitative estimate of drug-likeness (QED) is 0.803. The van der Waals surface area contributed by atoms with E-state index >= 15 is 0 Å². The molecule has 0 bridgehead atoms. The number of fused-ring (bicyclic) bond motifs is 1. The molecule has 0 atom stereocenters. The minimum absolute atomic E-state index is 0.188. The number of rotatable bonds is 4. The predicted molar refractivity (Wildman–Crippen MR) is 90.4 cm³/mol. The van der Waals surface area contributed by atoms with E-state index in [-0.39, 0.29) is 5.91 Å². The first-order chi connectivity index (χ1) is 11.1. The Morgan fingerprint density at radius 1 is 1.04 bits per heavy atom. The molecule has 0 fully saturated rings. The molecule has 0 unspecified atom stereocenters. The zero-order valence-electron chi connectivity index (χ0n) is 13.3. The lowest BCUT2D eigenvalue weighted by Crippen LogP contribution is -2.16. The summed E-state index contributed by atoms with van der Waals surface area (Å²) in [6.07, 6.45) is 0. The van der Waals surface area contributed by atoms with Crippen LogP contribution in [0, 0.1) is 0 Å². The van der Waals surface area contributed by atoms with E-state index in [9.17, 15) is 4.79 Å². The Bertz CT molecular complexity index is 868. The van der Waals surface area contributed by atoms with E-state index in [1.807, 2.05) is 60.1 Å². The van der Waals surface area contributed by atoms with Crippen LogP contribution in [-0.4, -0.2) is 24.7 Å². The largest absolute Gasteiger partial charge is 0.497 e. The molecule has 0 aliphatic rings. The standard InChI is InChI=1S/C18H18N2O3/c1-20-15-9-8-13(22-2)10-12(15)11-16(20)18(21)19-14-6-4-5-7-17(14)23-3/h4-11H,1-3H3,(H,19,21). The number of nitrogens with one attached hydrogen (secondary N) is 1. The normalized spacial score (nSPS) is 10.6. The molecule has 0 aliphatic heterocycles. The summed E-state index contributed by atoms with van der Waals surface area (Å²) in [5.74, 6) is 1.20. The zero-order valence-corrected chi connectivity index (χ0v) is 13.3. The fourth-order valence-corrected chi connectivity index (χ4v) is 2.61. The van der Waals surface area contributed by atoms with Gasteiger partial charge in [0.15, 0.2) is 0 Å². The summed E-state index contributed by atoms with van der Waals surface area (Å²) >= 11 is 0. The predicted octanol–water partition coefficient (Wildman–Crippen LogP) is 3.45. The van der Waals surface area contributed by atoms with Crippen molar-refractivity contribution in [2.24, 2.45) is 7.05 Å². The average molecular weight is 310 g/mol. The number of hydrogen-bond donors (Lipinski definition) is 1. The number of hydrogen-bond acceptors (Lipinski definition) is 3. The van der Waals surface area contributed by atoms with Gasteiger partial charge in [-0.25, -0.2) is 0 Å². The van der Waals surface area contributed by atoms with Gasteiger partial charge >= 0.3 is 0 Å². The van der Waals surface area contributed by atoms with Gasteiger partial charge in [-0.1, -0.05) is 12.1 Å². The summed E-state index contributed by atoms with van der Waals surface area (Å²) in [4.78, 5) is 12.6. The maximum Gasteiger partial charge on any atom is 0.272 e. The summed E-state index contributed by atoms with van der Waals surface area (Å²) in [7, 11) is 5.07. The molecule has 5 nitrogen and oxygen atoms in total. The number of para-hydroxylation sites is 2. The van der Waals surface area contributed by atoms with Gasteiger partial charge in [0.1, 0.15) is 17.2 Å². The fraction of sp³-hybridized carbons (Fsp3) is 0.167. The van der Waals surface area contributed by atoms with Crippen LogP contribution >= 0.6 is 0 Å². The fourth-order valence-electron chi connectivity index (χ4n) is 2.61. The molecule has 3 aromatic rings. The maximum absolute atomic E-state index is 12.6. The number of ether oxygens (including phenoxy) is 2. The lowest BCUT2D eigenvalue weighted by molar-refractivity contribution is 0.101. The van der Waals surface area contributed by atoms with Crippen LogP contribution < -0.4 is 14.8 Å². The number of aromatic nitrogens is 1. The van der Waals surface area contributed by atoms with Gasteiger partial charge in [0.05, 0.1) is 19.9 Å². The van der Waals surface area contributed by atoms with E-state index in [0.29, 0.717) is 17.1 Å². The first kappa shape index (κ1) is 15.0. The van der Waals surface area contributed by atoms with Gasteiger partial charge in [-0.05, 0) is 36.4 Å². The highest BCUT2D eigenvalue weighted by Gasteiger charge is 2.15. The topological polar surface area (TPSA) is 52.5 Å². The Kier molecular flexibility index (Phi) is 3.93. The summed E-state index contributed by atoms with van der Waals surface area (Å²) in [5, 5.41) is 3.85. The van der Waals surface area contributed by atoms with Crippen LogP contribution in [0.15, 0.2) is 48.5 Å². The Balaban J connectivity index is 1.96. The number of carbonyl (C=O) groups is 1. The first-order valence-electron chi connectivity index (χ1n) is 7.22. The van der Waals surface area contributed by atoms with E-state index in [1.54, 1.807) is 14.2 Å². The molecule has 0 radical (unpaired) electrons. The highest BCUT2D eigenvalue weighted by molar-refractivity contribution is 6.07. The minimum atomic E-state index is -0.188. The molecular formula is C18H18N2O3. The van der Waals surface area contributed by atoms with Gasteiger partial charge in [0.2, 0.25) is 0 Å². The molecule has 3 rings (SSSR count). The number of amides is 1. The Morgan fingerprint density at radius 2 is 1.83 bits per heavy atom. The van der Waals surface area contributed by atoms with E-state index in [0.717, 1.165) is 16.7 Å².